The molecule has 1 aromatic rings. The Morgan fingerprint density at radius 1 is 1.48 bits per heavy atom. The highest BCUT2D eigenvalue weighted by molar-refractivity contribution is 6.35. The van der Waals surface area contributed by atoms with E-state index in [1.807, 2.05) is 0 Å². The summed E-state index contributed by atoms with van der Waals surface area (Å²) >= 11 is 0. The lowest BCUT2D eigenvalue weighted by Gasteiger charge is -2.17. The number of guanidine groups is 1. The highest BCUT2D eigenvalue weighted by atomic mass is 16.5. The fourth-order valence-electron chi connectivity index (χ4n) is 2.54. The normalized spacial score (nSPS) is 17.1. The first kappa shape index (κ1) is 16.5. The monoisotopic (exact) mass is 341 g/mol. The maximum atomic E-state index is 12.1. The molecule has 0 aromatic heterocycles. The number of amidine groups is 1. The van der Waals surface area contributed by atoms with Gasteiger partial charge in [0.2, 0.25) is 5.96 Å². The van der Waals surface area contributed by atoms with Gasteiger partial charge in [-0.15, -0.1) is 0 Å². The van der Waals surface area contributed by atoms with Gasteiger partial charge in [0.1, 0.15) is 11.3 Å². The molecule has 0 spiro atoms. The summed E-state index contributed by atoms with van der Waals surface area (Å²) < 4.78 is 4.90. The van der Waals surface area contributed by atoms with Crippen molar-refractivity contribution in [3.8, 4) is 5.75 Å². The Kier molecular flexibility index (Phi) is 4.15. The number of nitrogens with one attached hydrogen (secondary N) is 2. The minimum absolute atomic E-state index is 0.0147. The third-order valence-electron chi connectivity index (χ3n) is 3.73. The molecular formula is C16H15N5O4. The van der Waals surface area contributed by atoms with Gasteiger partial charge >= 0.3 is 5.97 Å². The van der Waals surface area contributed by atoms with Crippen molar-refractivity contribution in [1.29, 1.82) is 5.41 Å². The van der Waals surface area contributed by atoms with E-state index in [1.54, 1.807) is 13.0 Å². The topological polar surface area (TPSA) is 150 Å². The molecule has 0 fully saturated rings. The molecule has 2 aliphatic rings. The van der Waals surface area contributed by atoms with Gasteiger partial charge in [-0.2, -0.15) is 4.99 Å². The first-order valence-electron chi connectivity index (χ1n) is 7.45. The van der Waals surface area contributed by atoms with Gasteiger partial charge in [0.15, 0.2) is 5.84 Å². The van der Waals surface area contributed by atoms with Gasteiger partial charge in [-0.25, -0.2) is 9.79 Å². The lowest BCUT2D eigenvalue weighted by molar-refractivity contribution is -0.115. The van der Waals surface area contributed by atoms with Crippen LogP contribution in [0.1, 0.15) is 28.9 Å². The summed E-state index contributed by atoms with van der Waals surface area (Å²) in [7, 11) is 0. The number of aliphatic imine (C=N–C) groups is 2. The van der Waals surface area contributed by atoms with Crippen LogP contribution in [0, 0.1) is 5.41 Å². The van der Waals surface area contributed by atoms with Crippen molar-refractivity contribution in [3.63, 3.8) is 0 Å². The second-order valence-corrected chi connectivity index (χ2v) is 5.30. The Labute approximate surface area is 142 Å². The van der Waals surface area contributed by atoms with Crippen LogP contribution in [0.2, 0.25) is 0 Å². The lowest BCUT2D eigenvalue weighted by atomic mass is 9.94. The second kappa shape index (κ2) is 6.29. The Balaban J connectivity index is 2.01. The van der Waals surface area contributed by atoms with E-state index in [-0.39, 0.29) is 35.3 Å². The van der Waals surface area contributed by atoms with E-state index >= 15 is 0 Å². The summed E-state index contributed by atoms with van der Waals surface area (Å²) in [5, 5.41) is 19.6. The van der Waals surface area contributed by atoms with Crippen molar-refractivity contribution >= 4 is 29.9 Å². The average Bonchev–Trinajstić information content (AvgIpc) is 2.98. The summed E-state index contributed by atoms with van der Waals surface area (Å²) in [6, 6.07) is 3.52. The standard InChI is InChI=1S/C16H15N5O4/c1-2-25-15(24)8-5-7(3-4-10(8)22)12(17)9-6-19-13-11(9)14(23)21-16(18)20-13/h3-6,12,22H,2,17H2,1H3,(H2,18,21,23). The summed E-state index contributed by atoms with van der Waals surface area (Å²) in [4.78, 5) is 31.9. The van der Waals surface area contributed by atoms with E-state index in [4.69, 9.17) is 15.9 Å². The molecule has 9 nitrogen and oxygen atoms in total. The van der Waals surface area contributed by atoms with E-state index < -0.39 is 17.9 Å². The SMILES string of the molecule is CCOC(=O)c1cc(C(N)C2=C3C(=O)NC(=N)N=C3N=C2)ccc1O. The largest absolute Gasteiger partial charge is 0.507 e. The van der Waals surface area contributed by atoms with E-state index in [0.717, 1.165) is 0 Å². The van der Waals surface area contributed by atoms with Gasteiger partial charge < -0.3 is 15.6 Å². The zero-order chi connectivity index (χ0) is 18.1. The van der Waals surface area contributed by atoms with Gasteiger partial charge in [-0.3, -0.25) is 15.5 Å². The van der Waals surface area contributed by atoms with Crippen LogP contribution >= 0.6 is 0 Å². The highest BCUT2D eigenvalue weighted by Crippen LogP contribution is 2.29. The number of carbonyl (C=O) groups is 2. The minimum atomic E-state index is -0.779. The Bertz CT molecular complexity index is 885. The second-order valence-electron chi connectivity index (χ2n) is 5.30. The predicted molar refractivity (Wildman–Crippen MR) is 89.8 cm³/mol. The zero-order valence-electron chi connectivity index (χ0n) is 13.2. The summed E-state index contributed by atoms with van der Waals surface area (Å²) in [6.45, 7) is 1.83. The molecule has 9 heteroatoms. The van der Waals surface area contributed by atoms with Crippen LogP contribution in [0.3, 0.4) is 0 Å². The molecule has 1 unspecified atom stereocenters. The zero-order valence-corrected chi connectivity index (χ0v) is 13.2. The number of nitrogens with two attached hydrogens (primary N) is 1. The van der Waals surface area contributed by atoms with E-state index in [9.17, 15) is 14.7 Å². The van der Waals surface area contributed by atoms with Crippen molar-refractivity contribution < 1.29 is 19.4 Å². The quantitative estimate of drug-likeness (QED) is 0.585. The number of amides is 1. The van der Waals surface area contributed by atoms with Crippen LogP contribution in [0.4, 0.5) is 0 Å². The summed E-state index contributed by atoms with van der Waals surface area (Å²) in [6.07, 6.45) is 1.41. The van der Waals surface area contributed by atoms with E-state index in [1.165, 1.54) is 18.3 Å². The lowest BCUT2D eigenvalue weighted by Crippen LogP contribution is -2.37. The minimum Gasteiger partial charge on any atom is -0.507 e. The molecule has 0 radical (unpaired) electrons. The number of ether oxygens (including phenoxy) is 1. The van der Waals surface area contributed by atoms with Crippen molar-refractivity contribution in [2.45, 2.75) is 13.0 Å². The van der Waals surface area contributed by atoms with Gasteiger partial charge in [-0.05, 0) is 24.6 Å². The van der Waals surface area contributed by atoms with Gasteiger partial charge in [-0.1, -0.05) is 6.07 Å². The number of benzene rings is 1. The maximum absolute atomic E-state index is 12.1. The molecule has 25 heavy (non-hydrogen) atoms. The highest BCUT2D eigenvalue weighted by Gasteiger charge is 2.32. The fourth-order valence-corrected chi connectivity index (χ4v) is 2.54. The number of aromatic hydroxyl groups is 1. The van der Waals surface area contributed by atoms with Gasteiger partial charge in [0.25, 0.3) is 5.91 Å². The number of carbonyl (C=O) groups excluding carboxylic acids is 2. The molecular weight excluding hydrogens is 326 g/mol. The van der Waals surface area contributed by atoms with Crippen LogP contribution in [0.5, 0.6) is 5.75 Å². The van der Waals surface area contributed by atoms with Crippen LogP contribution < -0.4 is 11.1 Å². The average molecular weight is 341 g/mol. The van der Waals surface area contributed by atoms with Crippen molar-refractivity contribution in [3.05, 3.63) is 40.5 Å². The molecule has 3 rings (SSSR count). The Morgan fingerprint density at radius 3 is 2.96 bits per heavy atom. The maximum Gasteiger partial charge on any atom is 0.341 e. The smallest absolute Gasteiger partial charge is 0.341 e. The predicted octanol–water partition coefficient (Wildman–Crippen LogP) is 0.413. The number of phenols is 1. The Hall–Kier alpha value is -3.33. The number of hydrogen-bond donors (Lipinski definition) is 4. The number of nitrogens with zero attached hydrogens (tertiary/aromatic N) is 2. The van der Waals surface area contributed by atoms with Crippen LogP contribution in [-0.4, -0.2) is 41.6 Å². The molecule has 128 valence electrons. The summed E-state index contributed by atoms with van der Waals surface area (Å²) in [5.41, 5.74) is 7.30. The molecule has 0 bridgehead atoms. The molecule has 2 aliphatic heterocycles. The molecule has 1 aromatic carbocycles. The van der Waals surface area contributed by atoms with Crippen molar-refractivity contribution in [1.82, 2.24) is 5.32 Å². The van der Waals surface area contributed by atoms with Crippen LogP contribution in [0.25, 0.3) is 0 Å². The number of phenolic OH excluding ortho intramolecular Hbond substituents is 1. The molecule has 1 amide bonds. The number of esters is 1. The third-order valence-corrected chi connectivity index (χ3v) is 3.73. The molecule has 0 saturated heterocycles. The van der Waals surface area contributed by atoms with Gasteiger partial charge in [0.05, 0.1) is 18.2 Å². The first-order chi connectivity index (χ1) is 11.9. The number of rotatable bonds is 4. The molecule has 5 N–H and O–H groups in total. The third kappa shape index (κ3) is 2.92. The molecule has 1 atom stereocenters. The van der Waals surface area contributed by atoms with Crippen LogP contribution in [0.15, 0.2) is 39.3 Å². The molecule has 0 aliphatic carbocycles. The summed E-state index contributed by atoms with van der Waals surface area (Å²) in [5.74, 6) is -1.56. The Morgan fingerprint density at radius 2 is 2.24 bits per heavy atom. The van der Waals surface area contributed by atoms with Gasteiger partial charge in [0, 0.05) is 11.8 Å². The van der Waals surface area contributed by atoms with E-state index in [2.05, 4.69) is 15.3 Å². The fraction of sp³-hybridized carbons (Fsp3) is 0.188. The van der Waals surface area contributed by atoms with Crippen molar-refractivity contribution in [2.75, 3.05) is 6.61 Å². The number of hydrogen-bond acceptors (Lipinski definition) is 7. The van der Waals surface area contributed by atoms with E-state index in [0.29, 0.717) is 11.1 Å². The van der Waals surface area contributed by atoms with Crippen LogP contribution in [-0.2, 0) is 9.53 Å². The molecule has 2 heterocycles. The number of fused-ring (bicyclic) bond motifs is 1. The first-order valence-corrected chi connectivity index (χ1v) is 7.45. The molecule has 0 saturated carbocycles. The van der Waals surface area contributed by atoms with Crippen molar-refractivity contribution in [2.24, 2.45) is 15.7 Å².